The first-order valence-electron chi connectivity index (χ1n) is 6.71. The number of nitrogens with zero attached hydrogens (tertiary/aromatic N) is 5. The molecule has 5 nitrogen and oxygen atoms in total. The SMILES string of the molecule is Cc1ccc(-c2nnc(SCc3ccnn3C)n2C)cc1. The summed E-state index contributed by atoms with van der Waals surface area (Å²) in [6, 6.07) is 10.4. The predicted octanol–water partition coefficient (Wildman–Crippen LogP) is 2.82. The van der Waals surface area contributed by atoms with Crippen LogP contribution in [0.5, 0.6) is 0 Å². The molecule has 0 saturated carbocycles. The predicted molar refractivity (Wildman–Crippen MR) is 83.9 cm³/mol. The van der Waals surface area contributed by atoms with Gasteiger partial charge in [0.25, 0.3) is 0 Å². The van der Waals surface area contributed by atoms with Gasteiger partial charge in [0, 0.05) is 37.3 Å². The first-order valence-corrected chi connectivity index (χ1v) is 7.70. The monoisotopic (exact) mass is 299 g/mol. The summed E-state index contributed by atoms with van der Waals surface area (Å²) in [5.41, 5.74) is 3.49. The highest BCUT2D eigenvalue weighted by molar-refractivity contribution is 7.98. The van der Waals surface area contributed by atoms with E-state index in [-0.39, 0.29) is 0 Å². The van der Waals surface area contributed by atoms with E-state index in [1.165, 1.54) is 11.3 Å². The fourth-order valence-electron chi connectivity index (χ4n) is 2.08. The molecule has 0 N–H and O–H groups in total. The minimum absolute atomic E-state index is 0.830. The van der Waals surface area contributed by atoms with Gasteiger partial charge in [0.05, 0.1) is 0 Å². The van der Waals surface area contributed by atoms with Crippen LogP contribution in [-0.4, -0.2) is 24.5 Å². The minimum Gasteiger partial charge on any atom is -0.305 e. The second-order valence-corrected chi connectivity index (χ2v) is 5.91. The Labute approximate surface area is 128 Å². The van der Waals surface area contributed by atoms with Crippen LogP contribution in [0.25, 0.3) is 11.4 Å². The maximum atomic E-state index is 4.31. The molecule has 0 aliphatic heterocycles. The van der Waals surface area contributed by atoms with Crippen molar-refractivity contribution in [2.45, 2.75) is 17.8 Å². The molecule has 1 aromatic carbocycles. The summed E-state index contributed by atoms with van der Waals surface area (Å²) in [5.74, 6) is 1.72. The van der Waals surface area contributed by atoms with Crippen LogP contribution in [0, 0.1) is 6.92 Å². The zero-order valence-electron chi connectivity index (χ0n) is 12.3. The number of thioether (sulfide) groups is 1. The van der Waals surface area contributed by atoms with E-state index in [1.54, 1.807) is 11.8 Å². The maximum Gasteiger partial charge on any atom is 0.191 e. The number of hydrogen-bond donors (Lipinski definition) is 0. The van der Waals surface area contributed by atoms with Crippen LogP contribution in [0.15, 0.2) is 41.7 Å². The van der Waals surface area contributed by atoms with Crippen LogP contribution in [0.2, 0.25) is 0 Å². The zero-order valence-corrected chi connectivity index (χ0v) is 13.1. The molecule has 0 amide bonds. The third kappa shape index (κ3) is 2.85. The average Bonchev–Trinajstić information content (AvgIpc) is 3.04. The molecule has 0 fully saturated rings. The summed E-state index contributed by atoms with van der Waals surface area (Å²) in [6.07, 6.45) is 1.81. The van der Waals surface area contributed by atoms with Gasteiger partial charge in [-0.05, 0) is 13.0 Å². The highest BCUT2D eigenvalue weighted by Gasteiger charge is 2.11. The van der Waals surface area contributed by atoms with Crippen molar-refractivity contribution in [2.75, 3.05) is 0 Å². The number of rotatable bonds is 4. The highest BCUT2D eigenvalue weighted by atomic mass is 32.2. The van der Waals surface area contributed by atoms with Gasteiger partial charge in [0.1, 0.15) is 0 Å². The molecule has 0 unspecified atom stereocenters. The highest BCUT2D eigenvalue weighted by Crippen LogP contribution is 2.25. The largest absolute Gasteiger partial charge is 0.305 e. The van der Waals surface area contributed by atoms with Crippen molar-refractivity contribution in [3.8, 4) is 11.4 Å². The molecule has 0 saturated heterocycles. The molecule has 0 bridgehead atoms. The summed E-state index contributed by atoms with van der Waals surface area (Å²) in [6.45, 7) is 2.08. The van der Waals surface area contributed by atoms with E-state index in [9.17, 15) is 0 Å². The normalized spacial score (nSPS) is 11.0. The second-order valence-electron chi connectivity index (χ2n) is 4.97. The van der Waals surface area contributed by atoms with Gasteiger partial charge in [-0.3, -0.25) is 4.68 Å². The van der Waals surface area contributed by atoms with Crippen molar-refractivity contribution in [1.82, 2.24) is 24.5 Å². The van der Waals surface area contributed by atoms with E-state index < -0.39 is 0 Å². The maximum absolute atomic E-state index is 4.31. The topological polar surface area (TPSA) is 48.5 Å². The van der Waals surface area contributed by atoms with Crippen LogP contribution >= 0.6 is 11.8 Å². The lowest BCUT2D eigenvalue weighted by molar-refractivity contribution is 0.734. The van der Waals surface area contributed by atoms with E-state index in [4.69, 9.17) is 0 Å². The third-order valence-electron chi connectivity index (χ3n) is 3.42. The van der Waals surface area contributed by atoms with Crippen molar-refractivity contribution in [1.29, 1.82) is 0 Å². The van der Waals surface area contributed by atoms with Crippen LogP contribution in [-0.2, 0) is 19.8 Å². The number of aryl methyl sites for hydroxylation is 2. The number of benzene rings is 1. The van der Waals surface area contributed by atoms with Gasteiger partial charge < -0.3 is 4.57 Å². The standard InChI is InChI=1S/C15H17N5S/c1-11-4-6-12(7-5-11)14-17-18-15(19(14)2)21-10-13-8-9-16-20(13)3/h4-9H,10H2,1-3H3. The van der Waals surface area contributed by atoms with Crippen molar-refractivity contribution >= 4 is 11.8 Å². The van der Waals surface area contributed by atoms with Crippen LogP contribution in [0.4, 0.5) is 0 Å². The Morgan fingerprint density at radius 2 is 1.81 bits per heavy atom. The molecule has 3 rings (SSSR count). The molecule has 108 valence electrons. The van der Waals surface area contributed by atoms with Crippen LogP contribution < -0.4 is 0 Å². The Kier molecular flexibility index (Phi) is 3.79. The quantitative estimate of drug-likeness (QED) is 0.695. The fraction of sp³-hybridized carbons (Fsp3) is 0.267. The lowest BCUT2D eigenvalue weighted by Crippen LogP contribution is -1.98. The van der Waals surface area contributed by atoms with Gasteiger partial charge in [-0.25, -0.2) is 0 Å². The summed E-state index contributed by atoms with van der Waals surface area (Å²) < 4.78 is 3.91. The number of hydrogen-bond acceptors (Lipinski definition) is 4. The van der Waals surface area contributed by atoms with Crippen molar-refractivity contribution in [3.05, 3.63) is 47.8 Å². The van der Waals surface area contributed by atoms with Gasteiger partial charge >= 0.3 is 0 Å². The summed E-state index contributed by atoms with van der Waals surface area (Å²) in [7, 11) is 3.95. The van der Waals surface area contributed by atoms with Crippen molar-refractivity contribution < 1.29 is 0 Å². The molecular weight excluding hydrogens is 282 g/mol. The average molecular weight is 299 g/mol. The molecule has 2 heterocycles. The first kappa shape index (κ1) is 13.9. The van der Waals surface area contributed by atoms with E-state index in [0.717, 1.165) is 22.3 Å². The summed E-state index contributed by atoms with van der Waals surface area (Å²) in [4.78, 5) is 0. The molecule has 0 radical (unpaired) electrons. The van der Waals surface area contributed by atoms with Crippen molar-refractivity contribution in [2.24, 2.45) is 14.1 Å². The molecule has 0 aliphatic carbocycles. The molecule has 21 heavy (non-hydrogen) atoms. The molecule has 0 aliphatic rings. The minimum atomic E-state index is 0.830. The van der Waals surface area contributed by atoms with E-state index >= 15 is 0 Å². The van der Waals surface area contributed by atoms with Gasteiger partial charge in [0.15, 0.2) is 11.0 Å². The summed E-state index contributed by atoms with van der Waals surface area (Å²) in [5, 5.41) is 13.7. The summed E-state index contributed by atoms with van der Waals surface area (Å²) >= 11 is 1.67. The Balaban J connectivity index is 1.79. The second kappa shape index (κ2) is 5.73. The van der Waals surface area contributed by atoms with Gasteiger partial charge in [0.2, 0.25) is 0 Å². The fourth-order valence-corrected chi connectivity index (χ4v) is 3.01. The van der Waals surface area contributed by atoms with E-state index in [1.807, 2.05) is 35.6 Å². The van der Waals surface area contributed by atoms with Crippen molar-refractivity contribution in [3.63, 3.8) is 0 Å². The van der Waals surface area contributed by atoms with Gasteiger partial charge in [-0.1, -0.05) is 41.6 Å². The molecule has 6 heteroatoms. The molecule has 2 aromatic heterocycles. The van der Waals surface area contributed by atoms with E-state index in [0.29, 0.717) is 0 Å². The zero-order chi connectivity index (χ0) is 14.8. The molecule has 0 spiro atoms. The first-order chi connectivity index (χ1) is 10.1. The Morgan fingerprint density at radius 1 is 1.05 bits per heavy atom. The molecule has 0 atom stereocenters. The van der Waals surface area contributed by atoms with Gasteiger partial charge in [-0.2, -0.15) is 5.10 Å². The Hall–Kier alpha value is -2.08. The lowest BCUT2D eigenvalue weighted by atomic mass is 10.1. The van der Waals surface area contributed by atoms with Gasteiger partial charge in [-0.15, -0.1) is 10.2 Å². The lowest BCUT2D eigenvalue weighted by Gasteiger charge is -2.04. The van der Waals surface area contributed by atoms with E-state index in [2.05, 4.69) is 46.5 Å². The molecule has 3 aromatic rings. The smallest absolute Gasteiger partial charge is 0.191 e. The Bertz CT molecular complexity index is 742. The third-order valence-corrected chi connectivity index (χ3v) is 4.47. The van der Waals surface area contributed by atoms with Crippen LogP contribution in [0.1, 0.15) is 11.3 Å². The molecular formula is C15H17N5S. The Morgan fingerprint density at radius 3 is 2.48 bits per heavy atom. The van der Waals surface area contributed by atoms with Crippen LogP contribution in [0.3, 0.4) is 0 Å². The number of aromatic nitrogens is 5.